The molecule has 6 heteroatoms. The number of unbranched alkanes of at least 4 members (excludes halogenated alkanes) is 2. The van der Waals surface area contributed by atoms with Gasteiger partial charge in [-0.3, -0.25) is 4.79 Å². The summed E-state index contributed by atoms with van der Waals surface area (Å²) in [6.45, 7) is 5.32. The number of hydrogen-bond acceptors (Lipinski definition) is 4. The lowest BCUT2D eigenvalue weighted by Crippen LogP contribution is -2.20. The van der Waals surface area contributed by atoms with Crippen LogP contribution in [0.15, 0.2) is 53.6 Å². The first kappa shape index (κ1) is 21.4. The van der Waals surface area contributed by atoms with Gasteiger partial charge in [-0.2, -0.15) is 5.10 Å². The van der Waals surface area contributed by atoms with Crippen molar-refractivity contribution in [2.75, 3.05) is 13.2 Å². The van der Waals surface area contributed by atoms with Crippen molar-refractivity contribution in [3.05, 3.63) is 59.8 Å². The maximum atomic E-state index is 12.5. The lowest BCUT2D eigenvalue weighted by Gasteiger charge is -2.12. The van der Waals surface area contributed by atoms with Gasteiger partial charge in [-0.25, -0.2) is 5.43 Å². The molecule has 0 fully saturated rings. The number of carbonyl (C=O) groups excluding carboxylic acids is 1. The van der Waals surface area contributed by atoms with Crippen molar-refractivity contribution in [2.24, 2.45) is 12.1 Å². The Bertz CT molecular complexity index is 1020. The van der Waals surface area contributed by atoms with Crippen molar-refractivity contribution in [1.29, 1.82) is 0 Å². The quantitative estimate of drug-likeness (QED) is 0.295. The number of rotatable bonds is 10. The molecule has 1 N–H and O–H groups in total. The van der Waals surface area contributed by atoms with Crippen LogP contribution in [0.25, 0.3) is 10.9 Å². The summed E-state index contributed by atoms with van der Waals surface area (Å²) in [6, 6.07) is 15.4. The molecule has 1 amide bonds. The monoisotopic (exact) mass is 407 g/mol. The summed E-state index contributed by atoms with van der Waals surface area (Å²) in [5.74, 6) is 1.15. The Morgan fingerprint density at radius 3 is 2.67 bits per heavy atom. The second-order valence-electron chi connectivity index (χ2n) is 7.04. The van der Waals surface area contributed by atoms with E-state index in [0.29, 0.717) is 24.7 Å². The maximum absolute atomic E-state index is 12.5. The Labute approximate surface area is 177 Å². The fourth-order valence-electron chi connectivity index (χ4n) is 3.26. The van der Waals surface area contributed by atoms with E-state index in [0.717, 1.165) is 41.5 Å². The van der Waals surface area contributed by atoms with Gasteiger partial charge in [-0.1, -0.05) is 38.0 Å². The summed E-state index contributed by atoms with van der Waals surface area (Å²) in [5, 5.41) is 5.13. The summed E-state index contributed by atoms with van der Waals surface area (Å²) >= 11 is 0. The largest absolute Gasteiger partial charge is 0.490 e. The molecule has 2 aromatic carbocycles. The van der Waals surface area contributed by atoms with Gasteiger partial charge < -0.3 is 14.0 Å². The average Bonchev–Trinajstić information content (AvgIpc) is 3.09. The Hall–Kier alpha value is -3.28. The molecule has 6 nitrogen and oxygen atoms in total. The summed E-state index contributed by atoms with van der Waals surface area (Å²) in [6.07, 6.45) is 4.92. The van der Waals surface area contributed by atoms with Gasteiger partial charge in [-0.15, -0.1) is 0 Å². The third-order valence-electron chi connectivity index (χ3n) is 4.84. The van der Waals surface area contributed by atoms with E-state index in [1.165, 1.54) is 0 Å². The van der Waals surface area contributed by atoms with E-state index in [2.05, 4.69) is 17.5 Å². The fourth-order valence-corrected chi connectivity index (χ4v) is 3.26. The zero-order valence-corrected chi connectivity index (χ0v) is 17.9. The number of nitrogens with one attached hydrogen (secondary N) is 1. The fraction of sp³-hybridized carbons (Fsp3) is 0.333. The van der Waals surface area contributed by atoms with Crippen molar-refractivity contribution in [3.8, 4) is 11.5 Å². The van der Waals surface area contributed by atoms with E-state index >= 15 is 0 Å². The first-order valence-electron chi connectivity index (χ1n) is 10.4. The van der Waals surface area contributed by atoms with E-state index in [9.17, 15) is 4.79 Å². The van der Waals surface area contributed by atoms with Gasteiger partial charge >= 0.3 is 0 Å². The van der Waals surface area contributed by atoms with Gasteiger partial charge in [0.05, 0.1) is 19.4 Å². The second-order valence-corrected chi connectivity index (χ2v) is 7.04. The topological polar surface area (TPSA) is 64.8 Å². The van der Waals surface area contributed by atoms with E-state index in [4.69, 9.17) is 9.47 Å². The molecule has 0 aliphatic heterocycles. The van der Waals surface area contributed by atoms with Crippen LogP contribution in [-0.4, -0.2) is 29.9 Å². The highest BCUT2D eigenvalue weighted by Gasteiger charge is 2.12. The first-order valence-corrected chi connectivity index (χ1v) is 10.4. The molecule has 1 heterocycles. The number of carbonyl (C=O) groups is 1. The molecule has 0 aliphatic carbocycles. The molecule has 0 spiro atoms. The van der Waals surface area contributed by atoms with Crippen LogP contribution in [0.2, 0.25) is 0 Å². The Kier molecular flexibility index (Phi) is 7.49. The van der Waals surface area contributed by atoms with Gasteiger partial charge in [-0.05, 0) is 49.2 Å². The standard InChI is InChI=1S/C24H29N3O3/c1-4-6-9-14-30-22-13-12-18(15-23(22)29-5-2)17-25-26-24(28)21-16-19-10-7-8-11-20(19)27(21)3/h7-8,10-13,15-17H,4-6,9,14H2,1-3H3,(H,26,28)/b25-17+. The first-order chi connectivity index (χ1) is 14.6. The van der Waals surface area contributed by atoms with Gasteiger partial charge in [0.15, 0.2) is 11.5 Å². The number of benzene rings is 2. The molecule has 1 aromatic heterocycles. The van der Waals surface area contributed by atoms with Crippen LogP contribution in [-0.2, 0) is 7.05 Å². The smallest absolute Gasteiger partial charge is 0.287 e. The minimum atomic E-state index is -0.258. The average molecular weight is 408 g/mol. The number of hydrogen-bond donors (Lipinski definition) is 1. The lowest BCUT2D eigenvalue weighted by atomic mass is 10.2. The molecule has 3 rings (SSSR count). The molecule has 0 atom stereocenters. The van der Waals surface area contributed by atoms with Crippen LogP contribution in [0.3, 0.4) is 0 Å². The van der Waals surface area contributed by atoms with E-state index in [1.54, 1.807) is 6.21 Å². The van der Waals surface area contributed by atoms with Crippen molar-refractivity contribution in [1.82, 2.24) is 9.99 Å². The van der Waals surface area contributed by atoms with Crippen LogP contribution >= 0.6 is 0 Å². The van der Waals surface area contributed by atoms with Gasteiger partial charge in [0.2, 0.25) is 0 Å². The summed E-state index contributed by atoms with van der Waals surface area (Å²) in [4.78, 5) is 12.5. The van der Waals surface area contributed by atoms with Crippen molar-refractivity contribution in [2.45, 2.75) is 33.1 Å². The van der Waals surface area contributed by atoms with Crippen LogP contribution < -0.4 is 14.9 Å². The molecule has 0 radical (unpaired) electrons. The number of hydrazone groups is 1. The van der Waals surface area contributed by atoms with Crippen LogP contribution in [0.4, 0.5) is 0 Å². The molecule has 0 saturated heterocycles. The van der Waals surface area contributed by atoms with Crippen molar-refractivity contribution in [3.63, 3.8) is 0 Å². The Morgan fingerprint density at radius 2 is 1.90 bits per heavy atom. The molecule has 3 aromatic rings. The minimum absolute atomic E-state index is 0.258. The highest BCUT2D eigenvalue weighted by molar-refractivity contribution is 5.99. The molecule has 158 valence electrons. The van der Waals surface area contributed by atoms with Gasteiger partial charge in [0, 0.05) is 18.0 Å². The lowest BCUT2D eigenvalue weighted by molar-refractivity contribution is 0.0947. The third kappa shape index (κ3) is 5.20. The number of ether oxygens (including phenoxy) is 2. The van der Waals surface area contributed by atoms with Gasteiger partial charge in [0.1, 0.15) is 5.69 Å². The maximum Gasteiger partial charge on any atom is 0.287 e. The van der Waals surface area contributed by atoms with Crippen LogP contribution in [0.5, 0.6) is 11.5 Å². The second kappa shape index (κ2) is 10.5. The molecule has 0 saturated carbocycles. The molecule has 0 unspecified atom stereocenters. The van der Waals surface area contributed by atoms with E-state index in [1.807, 2.05) is 67.1 Å². The number of aromatic nitrogens is 1. The van der Waals surface area contributed by atoms with Crippen molar-refractivity contribution >= 4 is 23.0 Å². The normalized spacial score (nSPS) is 11.2. The number of amides is 1. The summed E-state index contributed by atoms with van der Waals surface area (Å²) < 4.78 is 13.4. The van der Waals surface area contributed by atoms with Gasteiger partial charge in [0.25, 0.3) is 5.91 Å². The minimum Gasteiger partial charge on any atom is -0.490 e. The summed E-state index contributed by atoms with van der Waals surface area (Å²) in [7, 11) is 1.87. The zero-order valence-electron chi connectivity index (χ0n) is 17.9. The number of aryl methyl sites for hydroxylation is 1. The highest BCUT2D eigenvalue weighted by atomic mass is 16.5. The third-order valence-corrected chi connectivity index (χ3v) is 4.84. The molecule has 30 heavy (non-hydrogen) atoms. The number of para-hydroxylation sites is 1. The number of nitrogens with zero attached hydrogens (tertiary/aromatic N) is 2. The zero-order chi connectivity index (χ0) is 21.3. The molecular weight excluding hydrogens is 378 g/mol. The Balaban J connectivity index is 1.66. The number of fused-ring (bicyclic) bond motifs is 1. The van der Waals surface area contributed by atoms with E-state index in [-0.39, 0.29) is 5.91 Å². The van der Waals surface area contributed by atoms with Crippen LogP contribution in [0.1, 0.15) is 49.2 Å². The SMILES string of the molecule is CCCCCOc1ccc(/C=N/NC(=O)c2cc3ccccc3n2C)cc1OCC. The highest BCUT2D eigenvalue weighted by Crippen LogP contribution is 2.28. The van der Waals surface area contributed by atoms with Crippen molar-refractivity contribution < 1.29 is 14.3 Å². The Morgan fingerprint density at radius 1 is 1.07 bits per heavy atom. The molecule has 0 aliphatic rings. The summed E-state index contributed by atoms with van der Waals surface area (Å²) in [5.41, 5.74) is 4.97. The molecular formula is C24H29N3O3. The van der Waals surface area contributed by atoms with E-state index < -0.39 is 0 Å². The predicted octanol–water partition coefficient (Wildman–Crippen LogP) is 4.91. The predicted molar refractivity (Wildman–Crippen MR) is 121 cm³/mol. The molecule has 0 bridgehead atoms. The van der Waals surface area contributed by atoms with Crippen LogP contribution in [0, 0.1) is 0 Å².